The number of hydrogen-bond acceptors (Lipinski definition) is 3. The van der Waals surface area contributed by atoms with Gasteiger partial charge in [0.25, 0.3) is 0 Å². The van der Waals surface area contributed by atoms with Crippen LogP contribution < -0.4 is 0 Å². The van der Waals surface area contributed by atoms with E-state index < -0.39 is 17.5 Å². The van der Waals surface area contributed by atoms with Gasteiger partial charge in [0.1, 0.15) is 11.4 Å². The molecule has 0 N–H and O–H groups in total. The summed E-state index contributed by atoms with van der Waals surface area (Å²) in [5, 5.41) is 0.391. The fraction of sp³-hybridized carbons (Fsp3) is 0.238. The fourth-order valence-corrected chi connectivity index (χ4v) is 2.95. The Labute approximate surface area is 151 Å². The van der Waals surface area contributed by atoms with Crippen LogP contribution in [0.3, 0.4) is 0 Å². The van der Waals surface area contributed by atoms with Crippen LogP contribution in [0.25, 0.3) is 10.9 Å². The molecule has 0 atom stereocenters. The molecule has 0 bridgehead atoms. The number of carbonyl (C=O) groups excluding carboxylic acids is 2. The number of hydrogen-bond donors (Lipinski definition) is 0. The summed E-state index contributed by atoms with van der Waals surface area (Å²) in [4.78, 5) is 25.7. The van der Waals surface area contributed by atoms with Crippen LogP contribution in [-0.2, 0) is 4.74 Å². The van der Waals surface area contributed by atoms with Gasteiger partial charge < -0.3 is 4.74 Å². The third-order valence-electron chi connectivity index (χ3n) is 4.01. The van der Waals surface area contributed by atoms with Crippen molar-refractivity contribution in [2.45, 2.75) is 33.3 Å². The van der Waals surface area contributed by atoms with Crippen molar-refractivity contribution < 1.29 is 18.7 Å². The Morgan fingerprint density at radius 3 is 2.31 bits per heavy atom. The van der Waals surface area contributed by atoms with E-state index in [1.807, 2.05) is 6.07 Å². The monoisotopic (exact) mass is 353 g/mol. The lowest BCUT2D eigenvalue weighted by molar-refractivity contribution is 0.0541. The Kier molecular flexibility index (Phi) is 4.40. The van der Waals surface area contributed by atoms with Crippen molar-refractivity contribution in [1.29, 1.82) is 0 Å². The predicted octanol–water partition coefficient (Wildman–Crippen LogP) is 5.10. The molecule has 0 radical (unpaired) electrons. The van der Waals surface area contributed by atoms with E-state index in [2.05, 4.69) is 0 Å². The lowest BCUT2D eigenvalue weighted by Crippen LogP contribution is -2.27. The standard InChI is InChI=1S/C21H20FNO3/c1-13-18(19(24)14-8-6-5-7-9-14)16-12-15(22)10-11-17(16)23(13)20(25)26-21(2,3)4/h5-12H,1-4H3. The van der Waals surface area contributed by atoms with Gasteiger partial charge in [-0.25, -0.2) is 13.8 Å². The molecule has 0 spiro atoms. The number of halogens is 1. The van der Waals surface area contributed by atoms with Crippen LogP contribution in [0.1, 0.15) is 42.4 Å². The van der Waals surface area contributed by atoms with Crippen molar-refractivity contribution in [2.75, 3.05) is 0 Å². The van der Waals surface area contributed by atoms with Crippen molar-refractivity contribution >= 4 is 22.8 Å². The zero-order chi connectivity index (χ0) is 19.1. The SMILES string of the molecule is Cc1c(C(=O)c2ccccc2)c2cc(F)ccc2n1C(=O)OC(C)(C)C. The van der Waals surface area contributed by atoms with E-state index in [4.69, 9.17) is 4.74 Å². The number of ether oxygens (including phenoxy) is 1. The molecule has 0 unspecified atom stereocenters. The van der Waals surface area contributed by atoms with Gasteiger partial charge in [0, 0.05) is 16.6 Å². The first kappa shape index (κ1) is 17.9. The quantitative estimate of drug-likeness (QED) is 0.602. The molecular weight excluding hydrogens is 333 g/mol. The molecule has 0 saturated heterocycles. The van der Waals surface area contributed by atoms with Crippen molar-refractivity contribution in [3.8, 4) is 0 Å². The van der Waals surface area contributed by atoms with Crippen LogP contribution in [0.4, 0.5) is 9.18 Å². The average molecular weight is 353 g/mol. The Morgan fingerprint density at radius 2 is 1.69 bits per heavy atom. The molecule has 134 valence electrons. The second-order valence-corrected chi connectivity index (χ2v) is 7.13. The number of benzene rings is 2. The summed E-state index contributed by atoms with van der Waals surface area (Å²) in [6, 6.07) is 12.7. The lowest BCUT2D eigenvalue weighted by Gasteiger charge is -2.20. The summed E-state index contributed by atoms with van der Waals surface area (Å²) in [5.74, 6) is -0.734. The van der Waals surface area contributed by atoms with E-state index in [1.54, 1.807) is 52.0 Å². The van der Waals surface area contributed by atoms with Crippen LogP contribution in [0.5, 0.6) is 0 Å². The highest BCUT2D eigenvalue weighted by atomic mass is 19.1. The summed E-state index contributed by atoms with van der Waals surface area (Å²) in [5.41, 5.74) is 0.954. The summed E-state index contributed by atoms with van der Waals surface area (Å²) >= 11 is 0. The maximum atomic E-state index is 13.9. The molecule has 26 heavy (non-hydrogen) atoms. The van der Waals surface area contributed by atoms with E-state index in [-0.39, 0.29) is 5.78 Å². The minimum absolute atomic E-state index is 0.263. The number of ketones is 1. The Hall–Kier alpha value is -2.95. The maximum absolute atomic E-state index is 13.9. The first-order valence-electron chi connectivity index (χ1n) is 8.33. The minimum Gasteiger partial charge on any atom is -0.443 e. The Bertz CT molecular complexity index is 998. The van der Waals surface area contributed by atoms with Gasteiger partial charge in [-0.3, -0.25) is 4.79 Å². The van der Waals surface area contributed by atoms with E-state index in [0.29, 0.717) is 27.7 Å². The number of aromatic nitrogens is 1. The van der Waals surface area contributed by atoms with Gasteiger partial charge >= 0.3 is 6.09 Å². The Balaban J connectivity index is 2.24. The van der Waals surface area contributed by atoms with Crippen LogP contribution in [-0.4, -0.2) is 22.0 Å². The minimum atomic E-state index is -0.691. The highest BCUT2D eigenvalue weighted by molar-refractivity contribution is 6.18. The zero-order valence-electron chi connectivity index (χ0n) is 15.2. The first-order chi connectivity index (χ1) is 12.2. The van der Waals surface area contributed by atoms with Crippen LogP contribution in [0.2, 0.25) is 0 Å². The number of fused-ring (bicyclic) bond motifs is 1. The molecule has 3 rings (SSSR count). The topological polar surface area (TPSA) is 48.3 Å². The van der Waals surface area contributed by atoms with Crippen LogP contribution in [0, 0.1) is 12.7 Å². The molecule has 1 heterocycles. The highest BCUT2D eigenvalue weighted by Crippen LogP contribution is 2.29. The average Bonchev–Trinajstić information content (AvgIpc) is 2.84. The van der Waals surface area contributed by atoms with Crippen molar-refractivity contribution in [3.63, 3.8) is 0 Å². The van der Waals surface area contributed by atoms with Crippen molar-refractivity contribution in [3.05, 3.63) is 71.2 Å². The molecule has 0 fully saturated rings. The highest BCUT2D eigenvalue weighted by Gasteiger charge is 2.27. The third kappa shape index (κ3) is 3.25. The smallest absolute Gasteiger partial charge is 0.419 e. The molecular formula is C21H20FNO3. The largest absolute Gasteiger partial charge is 0.443 e. The molecule has 4 nitrogen and oxygen atoms in total. The van der Waals surface area contributed by atoms with Gasteiger partial charge in [0.05, 0.1) is 11.1 Å². The summed E-state index contributed by atoms with van der Waals surface area (Å²) < 4.78 is 20.6. The molecule has 0 aliphatic carbocycles. The molecule has 2 aromatic carbocycles. The van der Waals surface area contributed by atoms with E-state index in [9.17, 15) is 14.0 Å². The number of nitrogens with zero attached hydrogens (tertiary/aromatic N) is 1. The van der Waals surface area contributed by atoms with Crippen molar-refractivity contribution in [2.24, 2.45) is 0 Å². The number of rotatable bonds is 2. The zero-order valence-corrected chi connectivity index (χ0v) is 15.2. The summed E-state index contributed by atoms with van der Waals surface area (Å²) in [7, 11) is 0. The van der Waals surface area contributed by atoms with Gasteiger partial charge in [0.15, 0.2) is 5.78 Å². The Morgan fingerprint density at radius 1 is 1.04 bits per heavy atom. The second kappa shape index (κ2) is 6.41. The van der Waals surface area contributed by atoms with E-state index in [1.165, 1.54) is 22.8 Å². The summed E-state index contributed by atoms with van der Waals surface area (Å²) in [6.45, 7) is 6.96. The summed E-state index contributed by atoms with van der Waals surface area (Å²) in [6.07, 6.45) is -0.598. The first-order valence-corrected chi connectivity index (χ1v) is 8.33. The molecule has 0 aliphatic rings. The lowest BCUT2D eigenvalue weighted by atomic mass is 10.0. The van der Waals surface area contributed by atoms with Crippen LogP contribution in [0.15, 0.2) is 48.5 Å². The predicted molar refractivity (Wildman–Crippen MR) is 98.1 cm³/mol. The molecule has 0 aliphatic heterocycles. The van der Waals surface area contributed by atoms with Gasteiger partial charge in [0.2, 0.25) is 0 Å². The van der Waals surface area contributed by atoms with Gasteiger partial charge in [-0.2, -0.15) is 0 Å². The molecule has 1 aromatic heterocycles. The van der Waals surface area contributed by atoms with E-state index in [0.717, 1.165) is 0 Å². The van der Waals surface area contributed by atoms with Gasteiger partial charge in [-0.15, -0.1) is 0 Å². The maximum Gasteiger partial charge on any atom is 0.419 e. The van der Waals surface area contributed by atoms with E-state index >= 15 is 0 Å². The van der Waals surface area contributed by atoms with Gasteiger partial charge in [-0.05, 0) is 45.9 Å². The third-order valence-corrected chi connectivity index (χ3v) is 4.01. The molecule has 0 amide bonds. The number of carbonyl (C=O) groups is 2. The normalized spacial score (nSPS) is 11.6. The van der Waals surface area contributed by atoms with Gasteiger partial charge in [-0.1, -0.05) is 30.3 Å². The molecule has 3 aromatic rings. The fourth-order valence-electron chi connectivity index (χ4n) is 2.95. The van der Waals surface area contributed by atoms with Crippen molar-refractivity contribution in [1.82, 2.24) is 4.57 Å². The second-order valence-electron chi connectivity index (χ2n) is 7.13. The molecule has 0 saturated carbocycles. The molecule has 5 heteroatoms. The van der Waals surface area contributed by atoms with Crippen LogP contribution >= 0.6 is 0 Å².